The molecule has 2 atom stereocenters. The molecule has 3 rings (SSSR count). The molecule has 1 aromatic rings. The molecule has 1 aromatic carbocycles. The quantitative estimate of drug-likeness (QED) is 0.279. The molecule has 0 aromatic heterocycles. The van der Waals surface area contributed by atoms with Crippen LogP contribution in [0.3, 0.4) is 0 Å². The Balaban J connectivity index is 1.50. The highest BCUT2D eigenvalue weighted by molar-refractivity contribution is 6.00. The largest absolute Gasteiger partial charge is 0.478 e. The third kappa shape index (κ3) is 9.42. The van der Waals surface area contributed by atoms with Crippen molar-refractivity contribution in [3.05, 3.63) is 35.4 Å². The normalized spacial score (nSPS) is 18.9. The van der Waals surface area contributed by atoms with Gasteiger partial charge < -0.3 is 35.0 Å². The Labute approximate surface area is 257 Å². The number of hydrogen-bond acceptors (Lipinski definition) is 8. The first-order valence-corrected chi connectivity index (χ1v) is 14.9. The van der Waals surface area contributed by atoms with Crippen LogP contribution >= 0.6 is 0 Å². The molecule has 0 saturated carbocycles. The standard InChI is InChI=1S/C31H44N4O9/c1-30(2,3)44-29(42)34-17-14-20(15-18-34)8-13-24(36)35-16-6-7-23(19-35)26(38)33-31(4,28(40)41)32-25(37)21-9-11-22(12-10-21)27(39)43-5/h9-12,20,23H,6-8,13-19H2,1-5H3,(H,32,37)(H,33,38)(H,40,41)/t23?,31-/m0/s1. The van der Waals surface area contributed by atoms with Crippen molar-refractivity contribution in [1.82, 2.24) is 20.4 Å². The van der Waals surface area contributed by atoms with E-state index < -0.39 is 40.9 Å². The van der Waals surface area contributed by atoms with E-state index in [2.05, 4.69) is 15.4 Å². The molecular weight excluding hydrogens is 572 g/mol. The van der Waals surface area contributed by atoms with Crippen LogP contribution in [0.25, 0.3) is 0 Å². The summed E-state index contributed by atoms with van der Waals surface area (Å²) < 4.78 is 10.1. The van der Waals surface area contributed by atoms with Crippen molar-refractivity contribution < 1.29 is 43.3 Å². The lowest BCUT2D eigenvalue weighted by molar-refractivity contribution is -0.149. The van der Waals surface area contributed by atoms with Gasteiger partial charge >= 0.3 is 18.0 Å². The molecule has 13 nitrogen and oxygen atoms in total. The lowest BCUT2D eigenvalue weighted by atomic mass is 9.91. The van der Waals surface area contributed by atoms with E-state index in [4.69, 9.17) is 4.74 Å². The number of esters is 1. The molecule has 0 aliphatic carbocycles. The summed E-state index contributed by atoms with van der Waals surface area (Å²) in [6.07, 6.45) is 3.30. The summed E-state index contributed by atoms with van der Waals surface area (Å²) in [5.41, 5.74) is -2.36. The Morgan fingerprint density at radius 1 is 0.886 bits per heavy atom. The summed E-state index contributed by atoms with van der Waals surface area (Å²) in [7, 11) is 1.23. The lowest BCUT2D eigenvalue weighted by Crippen LogP contribution is -2.65. The first kappa shape index (κ1) is 34.3. The fraction of sp³-hybridized carbons (Fsp3) is 0.613. The molecule has 2 fully saturated rings. The number of aliphatic carboxylic acids is 1. The lowest BCUT2D eigenvalue weighted by Gasteiger charge is -2.35. The molecule has 2 aliphatic heterocycles. The number of piperidine rings is 2. The SMILES string of the molecule is COC(=O)c1ccc(C(=O)N[C@@](C)(NC(=O)C2CCCN(C(=O)CCC3CCN(C(=O)OC(C)(C)C)CC3)C2)C(=O)O)cc1. The van der Waals surface area contributed by atoms with Crippen molar-refractivity contribution >= 4 is 35.8 Å². The Hall–Kier alpha value is -4.16. The number of benzene rings is 1. The van der Waals surface area contributed by atoms with Gasteiger partial charge in [0.25, 0.3) is 5.91 Å². The average molecular weight is 617 g/mol. The summed E-state index contributed by atoms with van der Waals surface area (Å²) in [5, 5.41) is 14.7. The zero-order valence-electron chi connectivity index (χ0n) is 26.1. The van der Waals surface area contributed by atoms with Crippen LogP contribution in [0.1, 0.15) is 86.9 Å². The summed E-state index contributed by atoms with van der Waals surface area (Å²) in [6.45, 7) is 8.49. The summed E-state index contributed by atoms with van der Waals surface area (Å²) in [4.78, 5) is 78.4. The maximum atomic E-state index is 13.2. The third-order valence-electron chi connectivity index (χ3n) is 7.91. The number of carbonyl (C=O) groups is 6. The van der Waals surface area contributed by atoms with Crippen LogP contribution in [0, 0.1) is 11.8 Å². The minimum Gasteiger partial charge on any atom is -0.478 e. The van der Waals surface area contributed by atoms with Gasteiger partial charge in [-0.3, -0.25) is 14.4 Å². The fourth-order valence-electron chi connectivity index (χ4n) is 5.30. The van der Waals surface area contributed by atoms with Crippen LogP contribution in [0.5, 0.6) is 0 Å². The van der Waals surface area contributed by atoms with Crippen molar-refractivity contribution in [2.75, 3.05) is 33.3 Å². The number of ether oxygens (including phenoxy) is 2. The van der Waals surface area contributed by atoms with E-state index in [1.54, 1.807) is 9.80 Å². The molecule has 0 spiro atoms. The summed E-state index contributed by atoms with van der Waals surface area (Å²) >= 11 is 0. The zero-order chi connectivity index (χ0) is 32.7. The molecular formula is C31H44N4O9. The number of hydrogen-bond donors (Lipinski definition) is 3. The van der Waals surface area contributed by atoms with E-state index in [9.17, 15) is 33.9 Å². The number of likely N-dealkylation sites (tertiary alicyclic amines) is 2. The van der Waals surface area contributed by atoms with Crippen LogP contribution in [0.4, 0.5) is 4.79 Å². The number of amides is 4. The second-order valence-electron chi connectivity index (χ2n) is 12.6. The molecule has 2 heterocycles. The third-order valence-corrected chi connectivity index (χ3v) is 7.91. The van der Waals surface area contributed by atoms with Gasteiger partial charge in [-0.15, -0.1) is 0 Å². The Kier molecular flexibility index (Phi) is 11.3. The van der Waals surface area contributed by atoms with Crippen LogP contribution in [0.2, 0.25) is 0 Å². The first-order chi connectivity index (χ1) is 20.6. The van der Waals surface area contributed by atoms with Gasteiger partial charge in [-0.25, -0.2) is 14.4 Å². The molecule has 3 N–H and O–H groups in total. The molecule has 13 heteroatoms. The second kappa shape index (κ2) is 14.5. The average Bonchev–Trinajstić information content (AvgIpc) is 2.98. The predicted molar refractivity (Wildman–Crippen MR) is 159 cm³/mol. The zero-order valence-corrected chi connectivity index (χ0v) is 26.1. The van der Waals surface area contributed by atoms with E-state index >= 15 is 0 Å². The minimum absolute atomic E-state index is 0.0678. The number of nitrogens with one attached hydrogen (secondary N) is 2. The van der Waals surface area contributed by atoms with E-state index in [-0.39, 0.29) is 29.7 Å². The molecule has 1 unspecified atom stereocenters. The molecule has 0 bridgehead atoms. The number of methoxy groups -OCH3 is 1. The Morgan fingerprint density at radius 2 is 1.50 bits per heavy atom. The smallest absolute Gasteiger partial charge is 0.410 e. The van der Waals surface area contributed by atoms with Crippen LogP contribution in [-0.2, 0) is 23.9 Å². The number of carboxylic acids is 1. The van der Waals surface area contributed by atoms with Crippen molar-refractivity contribution in [2.45, 2.75) is 77.5 Å². The van der Waals surface area contributed by atoms with E-state index in [0.717, 1.165) is 12.8 Å². The monoisotopic (exact) mass is 616 g/mol. The Morgan fingerprint density at radius 3 is 2.07 bits per heavy atom. The van der Waals surface area contributed by atoms with Crippen molar-refractivity contribution in [3.63, 3.8) is 0 Å². The topological polar surface area (TPSA) is 172 Å². The van der Waals surface area contributed by atoms with Crippen molar-refractivity contribution in [2.24, 2.45) is 11.8 Å². The van der Waals surface area contributed by atoms with Gasteiger partial charge in [0.1, 0.15) is 5.60 Å². The highest BCUT2D eigenvalue weighted by Crippen LogP contribution is 2.25. The van der Waals surface area contributed by atoms with Crippen LogP contribution in [0.15, 0.2) is 24.3 Å². The Bertz CT molecular complexity index is 1240. The van der Waals surface area contributed by atoms with E-state index in [1.165, 1.54) is 38.3 Å². The van der Waals surface area contributed by atoms with Crippen LogP contribution < -0.4 is 10.6 Å². The maximum Gasteiger partial charge on any atom is 0.410 e. The van der Waals surface area contributed by atoms with Gasteiger partial charge in [-0.05, 0) is 90.0 Å². The van der Waals surface area contributed by atoms with Gasteiger partial charge in [0.15, 0.2) is 0 Å². The molecule has 2 saturated heterocycles. The van der Waals surface area contributed by atoms with E-state index in [0.29, 0.717) is 51.2 Å². The van der Waals surface area contributed by atoms with Gasteiger partial charge in [-0.1, -0.05) is 0 Å². The number of rotatable bonds is 9. The van der Waals surface area contributed by atoms with Crippen molar-refractivity contribution in [1.29, 1.82) is 0 Å². The van der Waals surface area contributed by atoms with Gasteiger partial charge in [0.05, 0.1) is 18.6 Å². The van der Waals surface area contributed by atoms with Crippen molar-refractivity contribution in [3.8, 4) is 0 Å². The number of carboxylic acid groups (broad SMARTS) is 1. The van der Waals surface area contributed by atoms with Gasteiger partial charge in [0, 0.05) is 38.2 Å². The first-order valence-electron chi connectivity index (χ1n) is 14.9. The summed E-state index contributed by atoms with van der Waals surface area (Å²) in [5.74, 6) is -3.79. The molecule has 44 heavy (non-hydrogen) atoms. The number of nitrogens with zero attached hydrogens (tertiary/aromatic N) is 2. The van der Waals surface area contributed by atoms with Gasteiger partial charge in [0.2, 0.25) is 17.5 Å². The molecule has 242 valence electrons. The fourth-order valence-corrected chi connectivity index (χ4v) is 5.30. The molecule has 0 radical (unpaired) electrons. The van der Waals surface area contributed by atoms with Crippen LogP contribution in [-0.4, -0.2) is 95.2 Å². The summed E-state index contributed by atoms with van der Waals surface area (Å²) in [6, 6.07) is 5.44. The maximum absolute atomic E-state index is 13.2. The molecule has 4 amide bonds. The highest BCUT2D eigenvalue weighted by atomic mass is 16.6. The van der Waals surface area contributed by atoms with Gasteiger partial charge in [-0.2, -0.15) is 0 Å². The predicted octanol–water partition coefficient (Wildman–Crippen LogP) is 2.79. The highest BCUT2D eigenvalue weighted by Gasteiger charge is 2.40. The minimum atomic E-state index is -2.12. The second-order valence-corrected chi connectivity index (χ2v) is 12.6. The molecule has 2 aliphatic rings. The number of carbonyl (C=O) groups excluding carboxylic acids is 5. The van der Waals surface area contributed by atoms with E-state index in [1.807, 2.05) is 20.8 Å².